The summed E-state index contributed by atoms with van der Waals surface area (Å²) in [4.78, 5) is 36.2. The standard InChI is InChI=1S/C15H18N2O4/c1-2-12(15(20)21)16-14(19)10-5-7-11(8-6-10)17-9-3-4-13(17)18/h5-8,12H,2-4,9H2,1H3,(H,16,19)(H,20,21). The van der Waals surface area contributed by atoms with Gasteiger partial charge in [-0.3, -0.25) is 9.59 Å². The van der Waals surface area contributed by atoms with Crippen molar-refractivity contribution < 1.29 is 19.5 Å². The predicted molar refractivity (Wildman–Crippen MR) is 77.2 cm³/mol. The van der Waals surface area contributed by atoms with Crippen molar-refractivity contribution in [2.24, 2.45) is 0 Å². The van der Waals surface area contributed by atoms with Crippen LogP contribution >= 0.6 is 0 Å². The van der Waals surface area contributed by atoms with E-state index in [9.17, 15) is 14.4 Å². The lowest BCUT2D eigenvalue weighted by Gasteiger charge is -2.16. The fraction of sp³-hybridized carbons (Fsp3) is 0.400. The van der Waals surface area contributed by atoms with E-state index in [-0.39, 0.29) is 5.91 Å². The lowest BCUT2D eigenvalue weighted by molar-refractivity contribution is -0.139. The lowest BCUT2D eigenvalue weighted by atomic mass is 10.1. The van der Waals surface area contributed by atoms with Gasteiger partial charge >= 0.3 is 5.97 Å². The number of nitrogens with one attached hydrogen (secondary N) is 1. The molecule has 2 N–H and O–H groups in total. The molecule has 2 amide bonds. The SMILES string of the molecule is CCC(NC(=O)c1ccc(N2CCCC2=O)cc1)C(=O)O. The van der Waals surface area contributed by atoms with Crippen molar-refractivity contribution in [3.05, 3.63) is 29.8 Å². The molecule has 0 aliphatic carbocycles. The molecule has 1 aliphatic heterocycles. The van der Waals surface area contributed by atoms with Crippen molar-refractivity contribution in [2.75, 3.05) is 11.4 Å². The number of carboxylic acid groups (broad SMARTS) is 1. The van der Waals surface area contributed by atoms with Crippen LogP contribution in [0.25, 0.3) is 0 Å². The summed E-state index contributed by atoms with van der Waals surface area (Å²) in [6, 6.07) is 5.73. The van der Waals surface area contributed by atoms with Crippen LogP contribution in [0.4, 0.5) is 5.69 Å². The van der Waals surface area contributed by atoms with Crippen LogP contribution in [0.3, 0.4) is 0 Å². The molecule has 0 spiro atoms. The van der Waals surface area contributed by atoms with Gasteiger partial charge in [-0.1, -0.05) is 6.92 Å². The van der Waals surface area contributed by atoms with Crippen molar-refractivity contribution in [1.82, 2.24) is 5.32 Å². The molecule has 112 valence electrons. The van der Waals surface area contributed by atoms with Crippen molar-refractivity contribution in [1.29, 1.82) is 0 Å². The Bertz CT molecular complexity index is 553. The molecule has 6 heteroatoms. The largest absolute Gasteiger partial charge is 0.480 e. The van der Waals surface area contributed by atoms with Gasteiger partial charge in [0.25, 0.3) is 5.91 Å². The fourth-order valence-electron chi connectivity index (χ4n) is 2.29. The first-order chi connectivity index (χ1) is 10.0. The van der Waals surface area contributed by atoms with E-state index in [0.717, 1.165) is 12.1 Å². The molecule has 1 heterocycles. The van der Waals surface area contributed by atoms with Crippen molar-refractivity contribution in [3.63, 3.8) is 0 Å². The maximum Gasteiger partial charge on any atom is 0.326 e. The third-order valence-corrected chi connectivity index (χ3v) is 3.53. The number of amides is 2. The van der Waals surface area contributed by atoms with Gasteiger partial charge in [-0.25, -0.2) is 4.79 Å². The van der Waals surface area contributed by atoms with Crippen molar-refractivity contribution >= 4 is 23.5 Å². The molecule has 1 atom stereocenters. The summed E-state index contributed by atoms with van der Waals surface area (Å²) in [6.07, 6.45) is 1.72. The summed E-state index contributed by atoms with van der Waals surface area (Å²) < 4.78 is 0. The van der Waals surface area contributed by atoms with E-state index in [1.807, 2.05) is 0 Å². The maximum absolute atomic E-state index is 12.0. The van der Waals surface area contributed by atoms with Crippen LogP contribution in [0.5, 0.6) is 0 Å². The molecule has 21 heavy (non-hydrogen) atoms. The van der Waals surface area contributed by atoms with Gasteiger partial charge in [-0.05, 0) is 37.1 Å². The van der Waals surface area contributed by atoms with Gasteiger partial charge in [0.1, 0.15) is 6.04 Å². The summed E-state index contributed by atoms with van der Waals surface area (Å²) in [6.45, 7) is 2.39. The van der Waals surface area contributed by atoms with Gasteiger partial charge in [-0.15, -0.1) is 0 Å². The third kappa shape index (κ3) is 3.39. The third-order valence-electron chi connectivity index (χ3n) is 3.53. The van der Waals surface area contributed by atoms with Gasteiger partial charge in [0.05, 0.1) is 0 Å². The minimum Gasteiger partial charge on any atom is -0.480 e. The molecule has 6 nitrogen and oxygen atoms in total. The highest BCUT2D eigenvalue weighted by atomic mass is 16.4. The molecule has 1 unspecified atom stereocenters. The first kappa shape index (κ1) is 15.0. The Morgan fingerprint density at radius 2 is 2.00 bits per heavy atom. The quantitative estimate of drug-likeness (QED) is 0.858. The average molecular weight is 290 g/mol. The fourth-order valence-corrected chi connectivity index (χ4v) is 2.29. The number of rotatable bonds is 5. The molecule has 1 aromatic carbocycles. The van der Waals surface area contributed by atoms with Crippen molar-refractivity contribution in [2.45, 2.75) is 32.2 Å². The van der Waals surface area contributed by atoms with Crippen LogP contribution in [-0.4, -0.2) is 35.5 Å². The van der Waals surface area contributed by atoms with Gasteiger partial charge in [0.2, 0.25) is 5.91 Å². The molecule has 2 rings (SSSR count). The molecule has 1 aliphatic rings. The zero-order valence-electron chi connectivity index (χ0n) is 11.8. The van der Waals surface area contributed by atoms with E-state index in [0.29, 0.717) is 24.9 Å². The van der Waals surface area contributed by atoms with Crippen LogP contribution in [0.1, 0.15) is 36.5 Å². The van der Waals surface area contributed by atoms with E-state index in [1.165, 1.54) is 0 Å². The second kappa shape index (κ2) is 6.39. The van der Waals surface area contributed by atoms with Gasteiger partial charge in [0.15, 0.2) is 0 Å². The Morgan fingerprint density at radius 1 is 1.33 bits per heavy atom. The van der Waals surface area contributed by atoms with Crippen LogP contribution in [0, 0.1) is 0 Å². The topological polar surface area (TPSA) is 86.7 Å². The summed E-state index contributed by atoms with van der Waals surface area (Å²) >= 11 is 0. The lowest BCUT2D eigenvalue weighted by Crippen LogP contribution is -2.40. The molecule has 1 fully saturated rings. The monoisotopic (exact) mass is 290 g/mol. The van der Waals surface area contributed by atoms with E-state index in [4.69, 9.17) is 5.11 Å². The Morgan fingerprint density at radius 3 is 2.48 bits per heavy atom. The van der Waals surface area contributed by atoms with E-state index < -0.39 is 17.9 Å². The summed E-state index contributed by atoms with van der Waals surface area (Å²) in [7, 11) is 0. The molecular weight excluding hydrogens is 272 g/mol. The Hall–Kier alpha value is -2.37. The van der Waals surface area contributed by atoms with E-state index in [2.05, 4.69) is 5.32 Å². The van der Waals surface area contributed by atoms with Crippen LogP contribution in [0.15, 0.2) is 24.3 Å². The smallest absolute Gasteiger partial charge is 0.326 e. The first-order valence-corrected chi connectivity index (χ1v) is 6.97. The zero-order chi connectivity index (χ0) is 15.4. The number of carbonyl (C=O) groups excluding carboxylic acids is 2. The summed E-state index contributed by atoms with van der Waals surface area (Å²) in [5.41, 5.74) is 1.14. The molecule has 0 saturated carbocycles. The number of anilines is 1. The molecular formula is C15H18N2O4. The molecule has 1 aromatic rings. The Labute approximate surface area is 122 Å². The number of nitrogens with zero attached hydrogens (tertiary/aromatic N) is 1. The Kier molecular flexibility index (Phi) is 4.57. The van der Waals surface area contributed by atoms with Crippen LogP contribution in [-0.2, 0) is 9.59 Å². The van der Waals surface area contributed by atoms with Crippen LogP contribution < -0.4 is 10.2 Å². The van der Waals surface area contributed by atoms with E-state index in [1.54, 1.807) is 36.1 Å². The highest BCUT2D eigenvalue weighted by Gasteiger charge is 2.22. The highest BCUT2D eigenvalue weighted by Crippen LogP contribution is 2.21. The van der Waals surface area contributed by atoms with Gasteiger partial charge in [-0.2, -0.15) is 0 Å². The zero-order valence-corrected chi connectivity index (χ0v) is 11.8. The van der Waals surface area contributed by atoms with Gasteiger partial charge in [0, 0.05) is 24.2 Å². The number of carboxylic acids is 1. The molecule has 1 saturated heterocycles. The maximum atomic E-state index is 12.0. The van der Waals surface area contributed by atoms with Crippen LogP contribution in [0.2, 0.25) is 0 Å². The summed E-state index contributed by atoms with van der Waals surface area (Å²) in [5, 5.41) is 11.4. The number of aliphatic carboxylic acids is 1. The molecule has 0 radical (unpaired) electrons. The molecule has 0 aromatic heterocycles. The highest BCUT2D eigenvalue weighted by molar-refractivity contribution is 5.98. The minimum absolute atomic E-state index is 0.0872. The second-order valence-electron chi connectivity index (χ2n) is 4.97. The number of hydrogen-bond donors (Lipinski definition) is 2. The molecule has 0 bridgehead atoms. The second-order valence-corrected chi connectivity index (χ2v) is 4.97. The summed E-state index contributed by atoms with van der Waals surface area (Å²) in [5.74, 6) is -1.39. The average Bonchev–Trinajstić information content (AvgIpc) is 2.90. The normalized spacial score (nSPS) is 15.9. The van der Waals surface area contributed by atoms with Crippen molar-refractivity contribution in [3.8, 4) is 0 Å². The predicted octanol–water partition coefficient (Wildman–Crippen LogP) is 1.41. The first-order valence-electron chi connectivity index (χ1n) is 6.97. The number of hydrogen-bond acceptors (Lipinski definition) is 3. The van der Waals surface area contributed by atoms with E-state index >= 15 is 0 Å². The minimum atomic E-state index is -1.05. The number of carbonyl (C=O) groups is 3. The Balaban J connectivity index is 2.06. The number of benzene rings is 1. The van der Waals surface area contributed by atoms with Gasteiger partial charge < -0.3 is 15.3 Å².